The highest BCUT2D eigenvalue weighted by molar-refractivity contribution is 7.22. The molecule has 1 aromatic carbocycles. The molecule has 0 spiro atoms. The first-order chi connectivity index (χ1) is 14.9. The fraction of sp³-hybridized carbons (Fsp3) is 0.0952. The third kappa shape index (κ3) is 2.96. The van der Waals surface area contributed by atoms with E-state index in [-0.39, 0.29) is 10.8 Å². The number of aromatic amines is 1. The van der Waals surface area contributed by atoms with Crippen LogP contribution in [-0.4, -0.2) is 26.2 Å². The average Bonchev–Trinajstić information content (AvgIpc) is 3.32. The quantitative estimate of drug-likeness (QED) is 0.443. The van der Waals surface area contributed by atoms with Crippen LogP contribution in [0.4, 0.5) is 4.39 Å². The predicted octanol–water partition coefficient (Wildman–Crippen LogP) is 4.10. The van der Waals surface area contributed by atoms with Gasteiger partial charge in [0.2, 0.25) is 0 Å². The highest BCUT2D eigenvalue weighted by atomic mass is 35.5. The Morgan fingerprint density at radius 1 is 1.23 bits per heavy atom. The van der Waals surface area contributed by atoms with E-state index in [0.29, 0.717) is 31.9 Å². The van der Waals surface area contributed by atoms with E-state index in [0.717, 1.165) is 27.4 Å². The Hall–Kier alpha value is -3.43. The first-order valence-electron chi connectivity index (χ1n) is 9.10. The summed E-state index contributed by atoms with van der Waals surface area (Å²) in [4.78, 5) is 33.7. The number of methoxy groups -OCH3 is 1. The Kier molecular flexibility index (Phi) is 4.45. The van der Waals surface area contributed by atoms with Crippen LogP contribution < -0.4 is 16.0 Å². The minimum absolute atomic E-state index is 0.0317. The fourth-order valence-corrected chi connectivity index (χ4v) is 5.01. The zero-order chi connectivity index (χ0) is 21.9. The number of nitrogens with one attached hydrogen (secondary N) is 1. The summed E-state index contributed by atoms with van der Waals surface area (Å²) in [6.07, 6.45) is 4.99. The van der Waals surface area contributed by atoms with Crippen molar-refractivity contribution in [3.05, 3.63) is 74.5 Å². The van der Waals surface area contributed by atoms with Gasteiger partial charge in [-0.1, -0.05) is 11.6 Å². The van der Waals surface area contributed by atoms with Gasteiger partial charge in [-0.25, -0.2) is 13.8 Å². The number of halogens is 2. The molecule has 0 bridgehead atoms. The summed E-state index contributed by atoms with van der Waals surface area (Å²) in [7, 11) is 3.19. The Balaban J connectivity index is 1.78. The normalized spacial score (nSPS) is 11.5. The van der Waals surface area contributed by atoms with Gasteiger partial charge in [-0.15, -0.1) is 11.3 Å². The van der Waals surface area contributed by atoms with Gasteiger partial charge >= 0.3 is 5.69 Å². The molecule has 0 aliphatic carbocycles. The predicted molar refractivity (Wildman–Crippen MR) is 119 cm³/mol. The molecule has 0 aliphatic rings. The maximum atomic E-state index is 13.9. The summed E-state index contributed by atoms with van der Waals surface area (Å²) in [5, 5.41) is 0.980. The van der Waals surface area contributed by atoms with Crippen molar-refractivity contribution in [1.82, 2.24) is 19.1 Å². The Morgan fingerprint density at radius 3 is 2.81 bits per heavy atom. The van der Waals surface area contributed by atoms with Gasteiger partial charge in [0, 0.05) is 35.3 Å². The van der Waals surface area contributed by atoms with Gasteiger partial charge < -0.3 is 14.3 Å². The molecule has 0 fully saturated rings. The van der Waals surface area contributed by atoms with E-state index in [1.807, 2.05) is 23.9 Å². The van der Waals surface area contributed by atoms with E-state index >= 15 is 0 Å². The number of hydrogen-bond acceptors (Lipinski definition) is 5. The molecule has 0 saturated heterocycles. The van der Waals surface area contributed by atoms with Gasteiger partial charge in [0.1, 0.15) is 4.70 Å². The number of benzene rings is 1. The average molecular weight is 457 g/mol. The maximum Gasteiger partial charge on any atom is 0.333 e. The van der Waals surface area contributed by atoms with Crippen LogP contribution in [0.2, 0.25) is 5.02 Å². The molecule has 4 heterocycles. The van der Waals surface area contributed by atoms with Crippen molar-refractivity contribution >= 4 is 44.1 Å². The standard InChI is InChI=1S/C21H14ClFN4O3S/c1-26-4-3-10-8-24-9-15(18(10)26)27-20(28)19-14(25-21(27)29)7-17(31-19)11-5-16(30-2)13(23)6-12(11)22/h3-9H,1-2H3,(H,25,29). The molecule has 10 heteroatoms. The summed E-state index contributed by atoms with van der Waals surface area (Å²) < 4.78 is 22.2. The van der Waals surface area contributed by atoms with Crippen LogP contribution in [0.5, 0.6) is 5.75 Å². The second kappa shape index (κ2) is 7.07. The maximum absolute atomic E-state index is 13.9. The highest BCUT2D eigenvalue weighted by Gasteiger charge is 2.19. The first kappa shape index (κ1) is 19.5. The fourth-order valence-electron chi connectivity index (χ4n) is 3.63. The SMILES string of the molecule is COc1cc(-c2cc3[nH]c(=O)n(-c4cncc5ccn(C)c45)c(=O)c3s2)c(Cl)cc1F. The smallest absolute Gasteiger partial charge is 0.333 e. The zero-order valence-electron chi connectivity index (χ0n) is 16.3. The van der Waals surface area contributed by atoms with Crippen LogP contribution in [0.15, 0.2) is 52.4 Å². The molecule has 0 amide bonds. The van der Waals surface area contributed by atoms with Gasteiger partial charge in [0.25, 0.3) is 5.56 Å². The second-order valence-electron chi connectivity index (χ2n) is 6.91. The number of thiophene rings is 1. The molecular formula is C21H14ClFN4O3S. The third-order valence-electron chi connectivity index (χ3n) is 5.08. The van der Waals surface area contributed by atoms with Crippen molar-refractivity contribution in [1.29, 1.82) is 0 Å². The Labute approximate surface area is 182 Å². The van der Waals surface area contributed by atoms with Crippen molar-refractivity contribution in [2.75, 3.05) is 7.11 Å². The van der Waals surface area contributed by atoms with E-state index < -0.39 is 17.1 Å². The zero-order valence-corrected chi connectivity index (χ0v) is 17.8. The first-order valence-corrected chi connectivity index (χ1v) is 10.3. The summed E-state index contributed by atoms with van der Waals surface area (Å²) in [5.74, 6) is -0.555. The lowest BCUT2D eigenvalue weighted by atomic mass is 10.1. The lowest BCUT2D eigenvalue weighted by Crippen LogP contribution is -2.33. The van der Waals surface area contributed by atoms with Crippen LogP contribution >= 0.6 is 22.9 Å². The number of pyridine rings is 1. The molecule has 5 rings (SSSR count). The number of rotatable bonds is 3. The molecule has 7 nitrogen and oxygen atoms in total. The van der Waals surface area contributed by atoms with Gasteiger partial charge in [0.05, 0.1) is 35.1 Å². The summed E-state index contributed by atoms with van der Waals surface area (Å²) in [6.45, 7) is 0. The van der Waals surface area contributed by atoms with E-state index in [4.69, 9.17) is 16.3 Å². The van der Waals surface area contributed by atoms with Gasteiger partial charge in [-0.2, -0.15) is 0 Å². The van der Waals surface area contributed by atoms with Crippen LogP contribution in [0, 0.1) is 5.82 Å². The number of nitrogens with zero attached hydrogens (tertiary/aromatic N) is 3. The lowest BCUT2D eigenvalue weighted by molar-refractivity contribution is 0.387. The van der Waals surface area contributed by atoms with Crippen LogP contribution in [0.25, 0.3) is 37.2 Å². The van der Waals surface area contributed by atoms with Gasteiger partial charge in [0.15, 0.2) is 11.6 Å². The molecule has 1 N–H and O–H groups in total. The van der Waals surface area contributed by atoms with E-state index in [1.165, 1.54) is 19.4 Å². The molecule has 0 unspecified atom stereocenters. The van der Waals surface area contributed by atoms with E-state index in [2.05, 4.69) is 9.97 Å². The summed E-state index contributed by atoms with van der Waals surface area (Å²) in [6, 6.07) is 6.13. The number of aromatic nitrogens is 4. The third-order valence-corrected chi connectivity index (χ3v) is 6.55. The molecule has 0 atom stereocenters. The summed E-state index contributed by atoms with van der Waals surface area (Å²) >= 11 is 7.39. The van der Waals surface area contributed by atoms with Crippen molar-refractivity contribution in [2.45, 2.75) is 0 Å². The van der Waals surface area contributed by atoms with Crippen LogP contribution in [0.3, 0.4) is 0 Å². The van der Waals surface area contributed by atoms with E-state index in [9.17, 15) is 14.0 Å². The Morgan fingerprint density at radius 2 is 2.03 bits per heavy atom. The minimum Gasteiger partial charge on any atom is -0.494 e. The molecule has 4 aromatic heterocycles. The molecule has 0 radical (unpaired) electrons. The molecule has 0 aliphatic heterocycles. The molecule has 5 aromatic rings. The van der Waals surface area contributed by atoms with Crippen molar-refractivity contribution in [2.24, 2.45) is 7.05 Å². The lowest BCUT2D eigenvalue weighted by Gasteiger charge is -2.07. The Bertz CT molecular complexity index is 1620. The molecule has 0 saturated carbocycles. The summed E-state index contributed by atoms with van der Waals surface area (Å²) in [5.41, 5.74) is 0.909. The van der Waals surface area contributed by atoms with Crippen molar-refractivity contribution in [3.8, 4) is 21.9 Å². The number of aryl methyl sites for hydroxylation is 1. The second-order valence-corrected chi connectivity index (χ2v) is 8.37. The van der Waals surface area contributed by atoms with Gasteiger partial charge in [-0.3, -0.25) is 9.78 Å². The highest BCUT2D eigenvalue weighted by Crippen LogP contribution is 2.38. The number of H-pyrrole nitrogens is 1. The van der Waals surface area contributed by atoms with E-state index in [1.54, 1.807) is 12.3 Å². The van der Waals surface area contributed by atoms with Crippen molar-refractivity contribution < 1.29 is 9.13 Å². The monoisotopic (exact) mass is 456 g/mol. The number of fused-ring (bicyclic) bond motifs is 2. The van der Waals surface area contributed by atoms with Crippen LogP contribution in [-0.2, 0) is 7.05 Å². The van der Waals surface area contributed by atoms with Crippen LogP contribution in [0.1, 0.15) is 0 Å². The molecule has 156 valence electrons. The topological polar surface area (TPSA) is 81.9 Å². The molecular weight excluding hydrogens is 443 g/mol. The largest absolute Gasteiger partial charge is 0.494 e. The van der Waals surface area contributed by atoms with Crippen molar-refractivity contribution in [3.63, 3.8) is 0 Å². The number of hydrogen-bond donors (Lipinski definition) is 1. The number of ether oxygens (including phenoxy) is 1. The van der Waals surface area contributed by atoms with Gasteiger partial charge in [-0.05, 0) is 24.3 Å². The minimum atomic E-state index is -0.587. The molecule has 31 heavy (non-hydrogen) atoms.